The van der Waals surface area contributed by atoms with Gasteiger partial charge in [-0.2, -0.15) is 0 Å². The monoisotopic (exact) mass is 354 g/mol. The predicted octanol–water partition coefficient (Wildman–Crippen LogP) is 4.84. The molecule has 1 aromatic heterocycles. The molecule has 0 aliphatic heterocycles. The Bertz CT molecular complexity index is 910. The first kappa shape index (κ1) is 17.5. The molecule has 0 amide bonds. The zero-order chi connectivity index (χ0) is 18.0. The number of thioether (sulfide) groups is 1. The second-order valence-electron chi connectivity index (χ2n) is 6.56. The summed E-state index contributed by atoms with van der Waals surface area (Å²) in [6.45, 7) is 6.57. The summed E-state index contributed by atoms with van der Waals surface area (Å²) >= 11 is 1.62. The molecule has 2 aromatic carbocycles. The molecular formula is C20H22N2O2S. The van der Waals surface area contributed by atoms with E-state index in [2.05, 4.69) is 43.1 Å². The molecule has 0 aliphatic carbocycles. The lowest BCUT2D eigenvalue weighted by Gasteiger charge is -2.13. The van der Waals surface area contributed by atoms with Gasteiger partial charge >= 0.3 is 5.97 Å². The molecule has 1 heterocycles. The van der Waals surface area contributed by atoms with Crippen LogP contribution in [0.4, 0.5) is 0 Å². The van der Waals surface area contributed by atoms with Crippen LogP contribution in [0.25, 0.3) is 10.8 Å². The van der Waals surface area contributed by atoms with E-state index in [4.69, 9.17) is 0 Å². The molecule has 0 saturated heterocycles. The normalized spacial score (nSPS) is 11.4. The molecule has 0 aliphatic rings. The third kappa shape index (κ3) is 3.71. The molecule has 0 saturated carbocycles. The fourth-order valence-electron chi connectivity index (χ4n) is 2.92. The predicted molar refractivity (Wildman–Crippen MR) is 103 cm³/mol. The van der Waals surface area contributed by atoms with Gasteiger partial charge in [-0.25, -0.2) is 9.78 Å². The van der Waals surface area contributed by atoms with E-state index in [-0.39, 0.29) is 5.69 Å². The van der Waals surface area contributed by atoms with Crippen LogP contribution < -0.4 is 0 Å². The SMILES string of the molecule is Cc1nc(SCC(C)C)n(Cc2cccc3ccccc23)c1C(=O)O. The topological polar surface area (TPSA) is 55.1 Å². The second kappa shape index (κ2) is 7.31. The summed E-state index contributed by atoms with van der Waals surface area (Å²) in [4.78, 5) is 16.3. The van der Waals surface area contributed by atoms with E-state index in [1.165, 1.54) is 0 Å². The number of nitrogens with zero attached hydrogens (tertiary/aromatic N) is 2. The van der Waals surface area contributed by atoms with E-state index in [1.54, 1.807) is 18.7 Å². The molecule has 0 radical (unpaired) electrons. The van der Waals surface area contributed by atoms with Gasteiger partial charge in [0.1, 0.15) is 0 Å². The summed E-state index contributed by atoms with van der Waals surface area (Å²) in [7, 11) is 0. The van der Waals surface area contributed by atoms with E-state index < -0.39 is 5.97 Å². The van der Waals surface area contributed by atoms with Gasteiger partial charge in [0.2, 0.25) is 0 Å². The quantitative estimate of drug-likeness (QED) is 0.644. The Morgan fingerprint density at radius 3 is 2.64 bits per heavy atom. The largest absolute Gasteiger partial charge is 0.477 e. The van der Waals surface area contributed by atoms with Crippen molar-refractivity contribution in [3.63, 3.8) is 0 Å². The lowest BCUT2D eigenvalue weighted by Crippen LogP contribution is -2.12. The third-order valence-corrected chi connectivity index (χ3v) is 5.47. The summed E-state index contributed by atoms with van der Waals surface area (Å²) < 4.78 is 1.84. The van der Waals surface area contributed by atoms with Crippen molar-refractivity contribution in [2.45, 2.75) is 32.5 Å². The lowest BCUT2D eigenvalue weighted by molar-refractivity contribution is 0.0684. The van der Waals surface area contributed by atoms with Crippen molar-refractivity contribution >= 4 is 28.5 Å². The van der Waals surface area contributed by atoms with Gasteiger partial charge < -0.3 is 9.67 Å². The number of rotatable bonds is 6. The highest BCUT2D eigenvalue weighted by Gasteiger charge is 2.21. The molecular weight excluding hydrogens is 332 g/mol. The first-order valence-corrected chi connectivity index (χ1v) is 9.35. The van der Waals surface area contributed by atoms with Crippen LogP contribution in [-0.4, -0.2) is 26.4 Å². The van der Waals surface area contributed by atoms with Gasteiger partial charge in [0.25, 0.3) is 0 Å². The maximum atomic E-state index is 11.8. The summed E-state index contributed by atoms with van der Waals surface area (Å²) in [6.07, 6.45) is 0. The summed E-state index contributed by atoms with van der Waals surface area (Å²) in [5, 5.41) is 12.7. The number of carbonyl (C=O) groups is 1. The molecule has 3 aromatic rings. The van der Waals surface area contributed by atoms with Crippen molar-refractivity contribution in [1.29, 1.82) is 0 Å². The van der Waals surface area contributed by atoms with Crippen molar-refractivity contribution in [3.05, 3.63) is 59.4 Å². The van der Waals surface area contributed by atoms with Crippen LogP contribution in [0.1, 0.15) is 35.6 Å². The van der Waals surface area contributed by atoms with E-state index in [9.17, 15) is 9.90 Å². The Morgan fingerprint density at radius 2 is 1.92 bits per heavy atom. The maximum absolute atomic E-state index is 11.8. The van der Waals surface area contributed by atoms with Crippen molar-refractivity contribution < 1.29 is 9.90 Å². The average Bonchev–Trinajstić information content (AvgIpc) is 2.89. The Labute approximate surface area is 151 Å². The minimum absolute atomic E-state index is 0.277. The van der Waals surface area contributed by atoms with Gasteiger partial charge in [-0.1, -0.05) is 68.1 Å². The Kier molecular flexibility index (Phi) is 5.13. The summed E-state index contributed by atoms with van der Waals surface area (Å²) in [5.41, 5.74) is 1.95. The highest BCUT2D eigenvalue weighted by Crippen LogP contribution is 2.27. The Morgan fingerprint density at radius 1 is 1.20 bits per heavy atom. The van der Waals surface area contributed by atoms with E-state index in [0.717, 1.165) is 27.2 Å². The van der Waals surface area contributed by atoms with Crippen LogP contribution in [0.2, 0.25) is 0 Å². The van der Waals surface area contributed by atoms with Crippen LogP contribution in [0.15, 0.2) is 47.6 Å². The standard InChI is InChI=1S/C20H22N2O2S/c1-13(2)12-25-20-21-14(3)18(19(23)24)22(20)11-16-9-6-8-15-7-4-5-10-17(15)16/h4-10,13H,11-12H2,1-3H3,(H,23,24). The van der Waals surface area contributed by atoms with Gasteiger partial charge in [-0.15, -0.1) is 0 Å². The average molecular weight is 354 g/mol. The summed E-state index contributed by atoms with van der Waals surface area (Å²) in [6, 6.07) is 14.3. The molecule has 4 nitrogen and oxygen atoms in total. The zero-order valence-corrected chi connectivity index (χ0v) is 15.5. The number of fused-ring (bicyclic) bond motifs is 1. The van der Waals surface area contributed by atoms with Crippen LogP contribution in [0, 0.1) is 12.8 Å². The number of imidazole rings is 1. The molecule has 130 valence electrons. The van der Waals surface area contributed by atoms with Crippen LogP contribution >= 0.6 is 11.8 Å². The number of hydrogen-bond donors (Lipinski definition) is 1. The van der Waals surface area contributed by atoms with Crippen molar-refractivity contribution in [3.8, 4) is 0 Å². The number of aromatic nitrogens is 2. The number of aromatic carboxylic acids is 1. The molecule has 0 bridgehead atoms. The van der Waals surface area contributed by atoms with E-state index in [1.807, 2.05) is 22.8 Å². The number of benzene rings is 2. The Hall–Kier alpha value is -2.27. The molecule has 0 unspecified atom stereocenters. The van der Waals surface area contributed by atoms with Crippen molar-refractivity contribution in [1.82, 2.24) is 9.55 Å². The number of aryl methyl sites for hydroxylation is 1. The zero-order valence-electron chi connectivity index (χ0n) is 14.7. The molecule has 0 atom stereocenters. The molecule has 3 rings (SSSR count). The first-order chi connectivity index (χ1) is 12.0. The van der Waals surface area contributed by atoms with Gasteiger partial charge in [-0.05, 0) is 29.2 Å². The number of hydrogen-bond acceptors (Lipinski definition) is 3. The van der Waals surface area contributed by atoms with Gasteiger partial charge in [0.15, 0.2) is 10.9 Å². The van der Waals surface area contributed by atoms with Crippen molar-refractivity contribution in [2.75, 3.05) is 5.75 Å². The summed E-state index contributed by atoms with van der Waals surface area (Å²) in [5.74, 6) is 0.494. The Balaban J connectivity index is 2.06. The number of carboxylic acid groups (broad SMARTS) is 1. The lowest BCUT2D eigenvalue weighted by atomic mass is 10.0. The minimum Gasteiger partial charge on any atom is -0.477 e. The molecule has 0 fully saturated rings. The van der Waals surface area contributed by atoms with Crippen molar-refractivity contribution in [2.24, 2.45) is 5.92 Å². The fourth-order valence-corrected chi connectivity index (χ4v) is 3.91. The molecule has 25 heavy (non-hydrogen) atoms. The first-order valence-electron chi connectivity index (χ1n) is 8.37. The smallest absolute Gasteiger partial charge is 0.354 e. The van der Waals surface area contributed by atoms with E-state index in [0.29, 0.717) is 18.2 Å². The maximum Gasteiger partial charge on any atom is 0.354 e. The second-order valence-corrected chi connectivity index (χ2v) is 7.55. The third-order valence-electron chi connectivity index (χ3n) is 4.06. The minimum atomic E-state index is -0.929. The molecule has 1 N–H and O–H groups in total. The van der Waals surface area contributed by atoms with Gasteiger partial charge in [-0.3, -0.25) is 0 Å². The van der Waals surface area contributed by atoms with Crippen LogP contribution in [-0.2, 0) is 6.54 Å². The highest BCUT2D eigenvalue weighted by molar-refractivity contribution is 7.99. The fraction of sp³-hybridized carbons (Fsp3) is 0.300. The van der Waals surface area contributed by atoms with Crippen LogP contribution in [0.5, 0.6) is 0 Å². The van der Waals surface area contributed by atoms with Crippen LogP contribution in [0.3, 0.4) is 0 Å². The van der Waals surface area contributed by atoms with E-state index >= 15 is 0 Å². The number of carboxylic acids is 1. The molecule has 0 spiro atoms. The van der Waals surface area contributed by atoms with Gasteiger partial charge in [0, 0.05) is 5.75 Å². The van der Waals surface area contributed by atoms with Gasteiger partial charge in [0.05, 0.1) is 12.2 Å². The highest BCUT2D eigenvalue weighted by atomic mass is 32.2. The molecule has 5 heteroatoms.